The molecule has 6 nitrogen and oxygen atoms in total. The van der Waals surface area contributed by atoms with Gasteiger partial charge in [-0.25, -0.2) is 0 Å². The van der Waals surface area contributed by atoms with Crippen LogP contribution in [-0.4, -0.2) is 40.9 Å². The Bertz CT molecular complexity index is 747. The van der Waals surface area contributed by atoms with Crippen molar-refractivity contribution in [1.82, 2.24) is 0 Å². The zero-order chi connectivity index (χ0) is 16.0. The fraction of sp³-hybridized carbons (Fsp3) is 0.429. The van der Waals surface area contributed by atoms with E-state index < -0.39 is 21.5 Å². The van der Waals surface area contributed by atoms with Gasteiger partial charge in [0, 0.05) is 18.6 Å². The van der Waals surface area contributed by atoms with Crippen molar-refractivity contribution in [2.75, 3.05) is 6.54 Å². The Morgan fingerprint density at radius 3 is 2.48 bits per heavy atom. The van der Waals surface area contributed by atoms with Crippen LogP contribution >= 0.6 is 0 Å². The molecule has 0 saturated carbocycles. The van der Waals surface area contributed by atoms with Crippen LogP contribution in [0.4, 0.5) is 5.69 Å². The number of aliphatic carboxylic acids is 1. The van der Waals surface area contributed by atoms with E-state index in [4.69, 9.17) is 5.11 Å². The molecule has 0 atom stereocenters. The van der Waals surface area contributed by atoms with Gasteiger partial charge in [-0.1, -0.05) is 0 Å². The van der Waals surface area contributed by atoms with Gasteiger partial charge >= 0.3 is 5.97 Å². The number of carboxylic acid groups (broad SMARTS) is 1. The van der Waals surface area contributed by atoms with Gasteiger partial charge in [0.1, 0.15) is 6.42 Å². The molecule has 0 bridgehead atoms. The highest BCUT2D eigenvalue weighted by Gasteiger charge is 2.43. The molecular weight excluding hydrogens is 294 g/mol. The van der Waals surface area contributed by atoms with Crippen molar-refractivity contribution in [1.29, 1.82) is 0 Å². The molecule has 21 heavy (non-hydrogen) atoms. The summed E-state index contributed by atoms with van der Waals surface area (Å²) in [7, 11) is -4.26. The quantitative estimate of drug-likeness (QED) is 0.653. The first-order valence-electron chi connectivity index (χ1n) is 6.50. The van der Waals surface area contributed by atoms with Crippen molar-refractivity contribution in [3.8, 4) is 0 Å². The minimum absolute atomic E-state index is 0.00703. The Kier molecular flexibility index (Phi) is 3.67. The lowest BCUT2D eigenvalue weighted by molar-refractivity contribution is -0.438. The number of hydrogen-bond donors (Lipinski definition) is 2. The zero-order valence-corrected chi connectivity index (χ0v) is 12.9. The zero-order valence-electron chi connectivity index (χ0n) is 12.1. The maximum absolute atomic E-state index is 11.3. The van der Waals surface area contributed by atoms with E-state index in [2.05, 4.69) is 0 Å². The molecule has 114 valence electrons. The molecule has 2 rings (SSSR count). The minimum Gasteiger partial charge on any atom is -0.481 e. The summed E-state index contributed by atoms with van der Waals surface area (Å²) in [5.74, 6) is -0.886. The molecule has 0 aliphatic carbocycles. The van der Waals surface area contributed by atoms with E-state index in [-0.39, 0.29) is 11.3 Å². The normalized spacial score (nSPS) is 17.0. The van der Waals surface area contributed by atoms with Crippen LogP contribution in [0.1, 0.15) is 32.8 Å². The second-order valence-corrected chi connectivity index (χ2v) is 7.08. The van der Waals surface area contributed by atoms with Crippen molar-refractivity contribution < 1.29 is 27.4 Å². The number of nitrogens with zero attached hydrogens (tertiary/aromatic N) is 1. The van der Waals surface area contributed by atoms with Gasteiger partial charge in [0.05, 0.1) is 10.3 Å². The average molecular weight is 312 g/mol. The van der Waals surface area contributed by atoms with Crippen LogP contribution in [0.3, 0.4) is 0 Å². The van der Waals surface area contributed by atoms with Gasteiger partial charge in [-0.2, -0.15) is 13.0 Å². The van der Waals surface area contributed by atoms with Crippen molar-refractivity contribution in [2.24, 2.45) is 0 Å². The molecule has 0 amide bonds. The fourth-order valence-corrected chi connectivity index (χ4v) is 3.13. The topological polar surface area (TPSA) is 94.7 Å². The second kappa shape index (κ2) is 4.92. The molecular formula is C14H18NO5S+. The van der Waals surface area contributed by atoms with E-state index in [1.807, 2.05) is 25.3 Å². The van der Waals surface area contributed by atoms with E-state index >= 15 is 0 Å². The predicted octanol–water partition coefficient (Wildman–Crippen LogP) is 1.80. The summed E-state index contributed by atoms with van der Waals surface area (Å²) in [6.45, 7) is 6.10. The first kappa shape index (κ1) is 15.7. The molecule has 1 aliphatic rings. The summed E-state index contributed by atoms with van der Waals surface area (Å²) in [6.07, 6.45) is -0.00703. The Balaban J connectivity index is 2.55. The van der Waals surface area contributed by atoms with Gasteiger partial charge in [0.15, 0.2) is 12.3 Å². The minimum atomic E-state index is -4.26. The van der Waals surface area contributed by atoms with Crippen molar-refractivity contribution in [2.45, 2.75) is 37.5 Å². The predicted molar refractivity (Wildman–Crippen MR) is 77.0 cm³/mol. The molecule has 0 aromatic heterocycles. The summed E-state index contributed by atoms with van der Waals surface area (Å²) >= 11 is 0. The maximum atomic E-state index is 11.3. The summed E-state index contributed by atoms with van der Waals surface area (Å²) in [6, 6.07) is 4.39. The monoisotopic (exact) mass is 312 g/mol. The molecule has 1 aromatic rings. The summed E-state index contributed by atoms with van der Waals surface area (Å²) in [5, 5.41) is 8.84. The van der Waals surface area contributed by atoms with E-state index in [0.717, 1.165) is 17.0 Å². The van der Waals surface area contributed by atoms with E-state index in [1.54, 1.807) is 6.07 Å². The number of carbonyl (C=O) groups is 1. The van der Waals surface area contributed by atoms with E-state index in [9.17, 15) is 17.8 Å². The highest BCUT2D eigenvalue weighted by molar-refractivity contribution is 7.85. The number of hydrogen-bond acceptors (Lipinski definition) is 3. The third-order valence-corrected chi connectivity index (χ3v) is 4.94. The van der Waals surface area contributed by atoms with Crippen molar-refractivity contribution in [3.05, 3.63) is 23.8 Å². The van der Waals surface area contributed by atoms with Gasteiger partial charge in [-0.3, -0.25) is 9.35 Å². The van der Waals surface area contributed by atoms with Crippen LogP contribution in [0.2, 0.25) is 0 Å². The summed E-state index contributed by atoms with van der Waals surface area (Å²) < 4.78 is 33.6. The number of benzene rings is 1. The van der Waals surface area contributed by atoms with Gasteiger partial charge in [0.25, 0.3) is 10.1 Å². The molecule has 2 N–H and O–H groups in total. The Hall–Kier alpha value is -1.73. The highest BCUT2D eigenvalue weighted by Crippen LogP contribution is 2.40. The standard InChI is InChI=1S/C14H17NO5S/c1-9-14(2,3)11-8-10(21(18,19)20)4-5-12(11)15(9)7-6-13(16)17/h4-5,8H,6-7H2,1-3H3,(H-,16,17,18,19,20)/p+1. The lowest BCUT2D eigenvalue weighted by atomic mass is 9.82. The molecule has 0 radical (unpaired) electrons. The third-order valence-electron chi connectivity index (χ3n) is 4.09. The van der Waals surface area contributed by atoms with Crippen molar-refractivity contribution in [3.63, 3.8) is 0 Å². The lowest BCUT2D eigenvalue weighted by Gasteiger charge is -2.15. The third kappa shape index (κ3) is 2.71. The Labute approximate surface area is 123 Å². The van der Waals surface area contributed by atoms with Crippen LogP contribution in [0.25, 0.3) is 0 Å². The molecule has 0 saturated heterocycles. The molecule has 0 unspecified atom stereocenters. The maximum Gasteiger partial charge on any atom is 0.309 e. The van der Waals surface area contributed by atoms with Gasteiger partial charge < -0.3 is 5.11 Å². The Morgan fingerprint density at radius 1 is 1.33 bits per heavy atom. The largest absolute Gasteiger partial charge is 0.481 e. The van der Waals surface area contributed by atoms with Gasteiger partial charge in [-0.05, 0) is 26.0 Å². The van der Waals surface area contributed by atoms with Crippen molar-refractivity contribution >= 4 is 27.5 Å². The van der Waals surface area contributed by atoms with Crippen LogP contribution in [0, 0.1) is 0 Å². The number of rotatable bonds is 4. The molecule has 1 aliphatic heterocycles. The average Bonchev–Trinajstić information content (AvgIpc) is 2.54. The molecule has 1 aromatic carbocycles. The highest BCUT2D eigenvalue weighted by atomic mass is 32.2. The molecule has 0 spiro atoms. The van der Waals surface area contributed by atoms with Gasteiger partial charge in [-0.15, -0.1) is 0 Å². The summed E-state index contributed by atoms with van der Waals surface area (Å²) in [4.78, 5) is 10.6. The first-order chi connectivity index (χ1) is 9.55. The van der Waals surface area contributed by atoms with Crippen LogP contribution in [-0.2, 0) is 20.3 Å². The molecule has 0 fully saturated rings. The number of carboxylic acids is 1. The first-order valence-corrected chi connectivity index (χ1v) is 7.94. The van der Waals surface area contributed by atoms with Gasteiger partial charge in [0.2, 0.25) is 5.69 Å². The fourth-order valence-electron chi connectivity index (χ4n) is 2.62. The lowest BCUT2D eigenvalue weighted by Crippen LogP contribution is -2.27. The Morgan fingerprint density at radius 2 is 1.95 bits per heavy atom. The van der Waals surface area contributed by atoms with E-state index in [1.165, 1.54) is 12.1 Å². The molecule has 1 heterocycles. The van der Waals surface area contributed by atoms with E-state index in [0.29, 0.717) is 6.54 Å². The van der Waals surface area contributed by atoms with Crippen LogP contribution in [0.15, 0.2) is 23.1 Å². The van der Waals surface area contributed by atoms with Crippen LogP contribution in [0.5, 0.6) is 0 Å². The number of fused-ring (bicyclic) bond motifs is 1. The summed E-state index contributed by atoms with van der Waals surface area (Å²) in [5.41, 5.74) is 2.08. The SMILES string of the molecule is CC1=[N+](CCC(=O)O)c2ccc(S(=O)(=O)O)cc2C1(C)C. The smallest absolute Gasteiger partial charge is 0.309 e. The molecule has 7 heteroatoms. The van der Waals surface area contributed by atoms with Crippen LogP contribution < -0.4 is 0 Å². The second-order valence-electron chi connectivity index (χ2n) is 5.66.